The van der Waals surface area contributed by atoms with Gasteiger partial charge in [0.1, 0.15) is 0 Å². The van der Waals surface area contributed by atoms with E-state index >= 15 is 0 Å². The second-order valence-corrected chi connectivity index (χ2v) is 5.70. The van der Waals surface area contributed by atoms with Crippen LogP contribution < -0.4 is 9.78 Å². The van der Waals surface area contributed by atoms with Gasteiger partial charge >= 0.3 is 69.3 Å². The summed E-state index contributed by atoms with van der Waals surface area (Å²) in [5, 5.41) is 4.05. The molecule has 0 spiro atoms. The Morgan fingerprint density at radius 2 is 2.18 bits per heavy atom. The van der Waals surface area contributed by atoms with Gasteiger partial charge in [0.2, 0.25) is 0 Å². The summed E-state index contributed by atoms with van der Waals surface area (Å²) in [6.45, 7) is 0.866. The fourth-order valence-corrected chi connectivity index (χ4v) is 3.56. The van der Waals surface area contributed by atoms with Gasteiger partial charge in [0.05, 0.1) is 0 Å². The van der Waals surface area contributed by atoms with Gasteiger partial charge in [-0.15, -0.1) is 0 Å². The van der Waals surface area contributed by atoms with Crippen LogP contribution in [0.1, 0.15) is 0 Å². The summed E-state index contributed by atoms with van der Waals surface area (Å²) in [6, 6.07) is 7.86. The van der Waals surface area contributed by atoms with Crippen LogP contribution in [0.4, 0.5) is 5.69 Å². The van der Waals surface area contributed by atoms with Gasteiger partial charge in [0.25, 0.3) is 0 Å². The third-order valence-electron chi connectivity index (χ3n) is 1.74. The average Bonchev–Trinajstić information content (AvgIpc) is 2.06. The van der Waals surface area contributed by atoms with Crippen molar-refractivity contribution in [3.63, 3.8) is 0 Å². The van der Waals surface area contributed by atoms with Crippen molar-refractivity contribution in [1.82, 2.24) is 0 Å². The summed E-state index contributed by atoms with van der Waals surface area (Å²) in [5.74, 6) is 0. The summed E-state index contributed by atoms with van der Waals surface area (Å²) >= 11 is -1.68. The first-order valence-electron chi connectivity index (χ1n) is 3.59. The zero-order chi connectivity index (χ0) is 7.68. The molecule has 1 atom stereocenters. The number of benzene rings is 1. The van der Waals surface area contributed by atoms with E-state index < -0.39 is 13.8 Å². The normalized spacial score (nSPS) is 22.0. The van der Waals surface area contributed by atoms with E-state index in [1.54, 1.807) is 0 Å². The molecule has 58 valence electrons. The molecule has 1 heterocycles. The summed E-state index contributed by atoms with van der Waals surface area (Å²) in [5.41, 5.74) is 1.07. The zero-order valence-electron chi connectivity index (χ0n) is 6.04. The maximum atomic E-state index is 11.5. The number of para-hydroxylation sites is 1. The first kappa shape index (κ1) is 7.01. The molecule has 2 nitrogen and oxygen atoms in total. The molecule has 0 fully saturated rings. The van der Waals surface area contributed by atoms with Crippen molar-refractivity contribution in [2.45, 2.75) is 5.32 Å². The van der Waals surface area contributed by atoms with E-state index in [2.05, 4.69) is 5.32 Å². The summed E-state index contributed by atoms with van der Waals surface area (Å²) < 4.78 is 12.5. The van der Waals surface area contributed by atoms with E-state index in [-0.39, 0.29) is 0 Å². The number of fused-ring (bicyclic) bond motifs is 1. The SMILES string of the molecule is O=[Se]1CCNc2ccccc21. The standard InChI is InChI=1S/C8H9NOSe/c10-11-6-5-9-7-3-1-2-4-8(7)11/h1-4,9H,5-6H2. The van der Waals surface area contributed by atoms with Crippen LogP contribution in [0.25, 0.3) is 0 Å². The summed E-state index contributed by atoms with van der Waals surface area (Å²) in [4.78, 5) is 0. The van der Waals surface area contributed by atoms with Crippen molar-refractivity contribution in [2.75, 3.05) is 11.9 Å². The van der Waals surface area contributed by atoms with Gasteiger partial charge in [-0.25, -0.2) is 0 Å². The number of hydrogen-bond acceptors (Lipinski definition) is 2. The molecule has 0 aromatic heterocycles. The molecular weight excluding hydrogens is 205 g/mol. The van der Waals surface area contributed by atoms with E-state index in [4.69, 9.17) is 0 Å². The van der Waals surface area contributed by atoms with Crippen LogP contribution in [-0.2, 0) is 3.83 Å². The van der Waals surface area contributed by atoms with E-state index in [0.717, 1.165) is 22.0 Å². The van der Waals surface area contributed by atoms with Crippen molar-refractivity contribution < 1.29 is 3.83 Å². The third kappa shape index (κ3) is 1.22. The predicted molar refractivity (Wildman–Crippen MR) is 45.8 cm³/mol. The third-order valence-corrected chi connectivity index (χ3v) is 4.72. The van der Waals surface area contributed by atoms with Crippen LogP contribution in [0.15, 0.2) is 24.3 Å². The second-order valence-electron chi connectivity index (χ2n) is 2.47. The van der Waals surface area contributed by atoms with E-state index in [9.17, 15) is 3.83 Å². The Kier molecular flexibility index (Phi) is 1.76. The molecule has 0 bridgehead atoms. The van der Waals surface area contributed by atoms with Gasteiger partial charge in [-0.1, -0.05) is 0 Å². The first-order valence-corrected chi connectivity index (χ1v) is 6.36. The maximum absolute atomic E-state index is 11.5. The van der Waals surface area contributed by atoms with E-state index in [1.807, 2.05) is 24.3 Å². The second kappa shape index (κ2) is 2.76. The van der Waals surface area contributed by atoms with E-state index in [1.165, 1.54) is 0 Å². The molecule has 0 radical (unpaired) electrons. The first-order chi connectivity index (χ1) is 5.38. The minimum absolute atomic E-state index is 0.830. The van der Waals surface area contributed by atoms with Crippen molar-refractivity contribution in [3.8, 4) is 0 Å². The predicted octanol–water partition coefficient (Wildman–Crippen LogP) is 0.741. The molecule has 1 unspecified atom stereocenters. The van der Waals surface area contributed by atoms with Crippen LogP contribution in [0, 0.1) is 0 Å². The average molecular weight is 214 g/mol. The Morgan fingerprint density at radius 3 is 3.00 bits per heavy atom. The number of nitrogens with one attached hydrogen (secondary N) is 1. The van der Waals surface area contributed by atoms with Crippen molar-refractivity contribution in [1.29, 1.82) is 0 Å². The molecular formula is C8H9NOSe. The van der Waals surface area contributed by atoms with Crippen molar-refractivity contribution >= 4 is 24.0 Å². The quantitative estimate of drug-likeness (QED) is 0.645. The molecule has 1 aliphatic heterocycles. The molecule has 2 rings (SSSR count). The van der Waals surface area contributed by atoms with Crippen LogP contribution in [-0.4, -0.2) is 20.4 Å². The van der Waals surface area contributed by atoms with Gasteiger partial charge in [-0.3, -0.25) is 0 Å². The Hall–Kier alpha value is -0.661. The van der Waals surface area contributed by atoms with Gasteiger partial charge in [-0.2, -0.15) is 0 Å². The molecule has 1 aromatic carbocycles. The molecule has 0 aliphatic carbocycles. The van der Waals surface area contributed by atoms with Crippen LogP contribution in [0.2, 0.25) is 5.32 Å². The zero-order valence-corrected chi connectivity index (χ0v) is 7.75. The number of anilines is 1. The fraction of sp³-hybridized carbons (Fsp3) is 0.250. The van der Waals surface area contributed by atoms with Gasteiger partial charge in [-0.05, 0) is 0 Å². The molecule has 3 heteroatoms. The summed E-state index contributed by atoms with van der Waals surface area (Å²) in [7, 11) is 0. The monoisotopic (exact) mass is 215 g/mol. The Morgan fingerprint density at radius 1 is 1.36 bits per heavy atom. The van der Waals surface area contributed by atoms with Crippen LogP contribution in [0.5, 0.6) is 0 Å². The molecule has 0 amide bonds. The van der Waals surface area contributed by atoms with E-state index in [0.29, 0.717) is 0 Å². The molecule has 11 heavy (non-hydrogen) atoms. The molecule has 1 N–H and O–H groups in total. The molecule has 0 saturated carbocycles. The Labute approximate surface area is 69.7 Å². The molecule has 0 saturated heterocycles. The number of hydrogen-bond donors (Lipinski definition) is 1. The summed E-state index contributed by atoms with van der Waals surface area (Å²) in [6.07, 6.45) is 0. The van der Waals surface area contributed by atoms with Crippen LogP contribution in [0.3, 0.4) is 0 Å². The molecule has 1 aromatic rings. The topological polar surface area (TPSA) is 29.1 Å². The van der Waals surface area contributed by atoms with Gasteiger partial charge in [0.15, 0.2) is 0 Å². The van der Waals surface area contributed by atoms with Crippen molar-refractivity contribution in [2.24, 2.45) is 0 Å². The van der Waals surface area contributed by atoms with Gasteiger partial charge in [0, 0.05) is 0 Å². The fourth-order valence-electron chi connectivity index (χ4n) is 1.20. The van der Waals surface area contributed by atoms with Crippen molar-refractivity contribution in [3.05, 3.63) is 24.3 Å². The Bertz CT molecular complexity index is 298. The number of rotatable bonds is 0. The van der Waals surface area contributed by atoms with Gasteiger partial charge < -0.3 is 0 Å². The minimum atomic E-state index is -1.68. The molecule has 1 aliphatic rings. The van der Waals surface area contributed by atoms with Crippen LogP contribution >= 0.6 is 0 Å². The Balaban J connectivity index is 2.52.